The zero-order valence-corrected chi connectivity index (χ0v) is 12.0. The minimum Gasteiger partial charge on any atom is -0.303 e. The van der Waals surface area contributed by atoms with Crippen molar-refractivity contribution in [3.8, 4) is 0 Å². The molecular formula is C13H15BrN2O3. The van der Waals surface area contributed by atoms with Gasteiger partial charge < -0.3 is 4.79 Å². The molecule has 1 unspecified atom stereocenters. The van der Waals surface area contributed by atoms with Crippen molar-refractivity contribution >= 4 is 27.9 Å². The summed E-state index contributed by atoms with van der Waals surface area (Å²) < 4.78 is 0.535. The number of nitro groups is 1. The first-order chi connectivity index (χ1) is 9.11. The maximum atomic E-state index is 10.9. The van der Waals surface area contributed by atoms with Crippen LogP contribution in [0.5, 0.6) is 0 Å². The van der Waals surface area contributed by atoms with Crippen molar-refractivity contribution in [1.82, 2.24) is 4.90 Å². The van der Waals surface area contributed by atoms with E-state index in [4.69, 9.17) is 0 Å². The number of carbonyl (C=O) groups is 1. The molecule has 0 aliphatic carbocycles. The van der Waals surface area contributed by atoms with Gasteiger partial charge in [-0.05, 0) is 40.9 Å². The molecular weight excluding hydrogens is 312 g/mol. The van der Waals surface area contributed by atoms with E-state index in [0.717, 1.165) is 37.8 Å². The van der Waals surface area contributed by atoms with Gasteiger partial charge in [0.15, 0.2) is 0 Å². The molecule has 1 atom stereocenters. The molecule has 0 N–H and O–H groups in total. The molecule has 1 heterocycles. The highest BCUT2D eigenvalue weighted by molar-refractivity contribution is 9.10. The lowest BCUT2D eigenvalue weighted by Gasteiger charge is -2.30. The van der Waals surface area contributed by atoms with Crippen molar-refractivity contribution < 1.29 is 9.72 Å². The van der Waals surface area contributed by atoms with Gasteiger partial charge in [-0.25, -0.2) is 0 Å². The van der Waals surface area contributed by atoms with Gasteiger partial charge in [0, 0.05) is 25.1 Å². The van der Waals surface area contributed by atoms with Crippen LogP contribution in [0, 0.1) is 16.0 Å². The number of hydrogen-bond donors (Lipinski definition) is 0. The van der Waals surface area contributed by atoms with Crippen LogP contribution in [0.25, 0.3) is 0 Å². The standard InChI is InChI=1S/C13H15BrN2O3/c14-13-11(4-1-5-12(13)16(18)19)8-15-6-2-3-10(7-15)9-17/h1,4-5,9-10H,2-3,6-8H2. The molecule has 0 radical (unpaired) electrons. The fraction of sp³-hybridized carbons (Fsp3) is 0.462. The first-order valence-electron chi connectivity index (χ1n) is 6.21. The summed E-state index contributed by atoms with van der Waals surface area (Å²) in [6, 6.07) is 5.05. The largest absolute Gasteiger partial charge is 0.303 e. The van der Waals surface area contributed by atoms with Crippen LogP contribution >= 0.6 is 15.9 Å². The average Bonchev–Trinajstić information content (AvgIpc) is 2.41. The van der Waals surface area contributed by atoms with E-state index in [1.54, 1.807) is 6.07 Å². The van der Waals surface area contributed by atoms with Crippen molar-refractivity contribution in [2.45, 2.75) is 19.4 Å². The van der Waals surface area contributed by atoms with E-state index in [1.165, 1.54) is 6.07 Å². The Morgan fingerprint density at radius 1 is 1.53 bits per heavy atom. The van der Waals surface area contributed by atoms with E-state index in [-0.39, 0.29) is 11.6 Å². The number of carbonyl (C=O) groups excluding carboxylic acids is 1. The quantitative estimate of drug-likeness (QED) is 0.485. The Hall–Kier alpha value is -1.27. The Morgan fingerprint density at radius 2 is 2.32 bits per heavy atom. The van der Waals surface area contributed by atoms with Gasteiger partial charge >= 0.3 is 0 Å². The molecule has 2 rings (SSSR count). The molecule has 19 heavy (non-hydrogen) atoms. The van der Waals surface area contributed by atoms with Crippen LogP contribution in [-0.2, 0) is 11.3 Å². The third kappa shape index (κ3) is 3.39. The second-order valence-electron chi connectivity index (χ2n) is 4.78. The average molecular weight is 327 g/mol. The number of piperidine rings is 1. The van der Waals surface area contributed by atoms with Crippen LogP contribution in [0.2, 0.25) is 0 Å². The number of likely N-dealkylation sites (tertiary alicyclic amines) is 1. The molecule has 0 amide bonds. The third-order valence-electron chi connectivity index (χ3n) is 3.38. The van der Waals surface area contributed by atoms with Crippen LogP contribution < -0.4 is 0 Å². The molecule has 1 fully saturated rings. The summed E-state index contributed by atoms with van der Waals surface area (Å²) in [6.07, 6.45) is 2.95. The Labute approximate surface area is 119 Å². The summed E-state index contributed by atoms with van der Waals surface area (Å²) in [5.74, 6) is 0.0891. The minimum atomic E-state index is -0.391. The van der Waals surface area contributed by atoms with Crippen molar-refractivity contribution in [1.29, 1.82) is 0 Å². The number of halogens is 1. The van der Waals surface area contributed by atoms with E-state index in [2.05, 4.69) is 20.8 Å². The lowest BCUT2D eigenvalue weighted by molar-refractivity contribution is -0.385. The van der Waals surface area contributed by atoms with Gasteiger partial charge in [-0.2, -0.15) is 0 Å². The van der Waals surface area contributed by atoms with Gasteiger partial charge in [0.05, 0.1) is 9.40 Å². The van der Waals surface area contributed by atoms with E-state index in [1.807, 2.05) is 6.07 Å². The topological polar surface area (TPSA) is 63.5 Å². The monoisotopic (exact) mass is 326 g/mol. The highest BCUT2D eigenvalue weighted by Crippen LogP contribution is 2.29. The highest BCUT2D eigenvalue weighted by Gasteiger charge is 2.21. The molecule has 1 aliphatic rings. The molecule has 0 aromatic heterocycles. The summed E-state index contributed by atoms with van der Waals surface area (Å²) in [7, 11) is 0. The molecule has 0 bridgehead atoms. The second kappa shape index (κ2) is 6.25. The Bertz CT molecular complexity index is 493. The second-order valence-corrected chi connectivity index (χ2v) is 5.57. The van der Waals surface area contributed by atoms with Gasteiger partial charge in [-0.3, -0.25) is 15.0 Å². The highest BCUT2D eigenvalue weighted by atomic mass is 79.9. The predicted octanol–water partition coefficient (Wildman–Crippen LogP) is 2.77. The first-order valence-corrected chi connectivity index (χ1v) is 7.00. The molecule has 0 spiro atoms. The lowest BCUT2D eigenvalue weighted by atomic mass is 9.99. The molecule has 102 valence electrons. The Kier molecular flexibility index (Phi) is 4.66. The van der Waals surface area contributed by atoms with Gasteiger partial charge in [-0.15, -0.1) is 0 Å². The van der Waals surface area contributed by atoms with E-state index < -0.39 is 4.92 Å². The van der Waals surface area contributed by atoms with E-state index in [0.29, 0.717) is 11.0 Å². The summed E-state index contributed by atoms with van der Waals surface area (Å²) in [5, 5.41) is 10.9. The summed E-state index contributed by atoms with van der Waals surface area (Å²) in [6.45, 7) is 2.30. The number of aldehydes is 1. The zero-order chi connectivity index (χ0) is 13.8. The molecule has 1 aromatic rings. The van der Waals surface area contributed by atoms with Gasteiger partial charge in [0.1, 0.15) is 6.29 Å². The van der Waals surface area contributed by atoms with Crippen LogP contribution in [0.4, 0.5) is 5.69 Å². The minimum absolute atomic E-state index is 0.0847. The summed E-state index contributed by atoms with van der Waals surface area (Å²) >= 11 is 3.30. The predicted molar refractivity (Wildman–Crippen MR) is 74.9 cm³/mol. The van der Waals surface area contributed by atoms with Crippen molar-refractivity contribution in [2.24, 2.45) is 5.92 Å². The van der Waals surface area contributed by atoms with E-state index in [9.17, 15) is 14.9 Å². The van der Waals surface area contributed by atoms with Crippen molar-refractivity contribution in [3.05, 3.63) is 38.3 Å². The zero-order valence-electron chi connectivity index (χ0n) is 10.4. The van der Waals surface area contributed by atoms with Gasteiger partial charge in [-0.1, -0.05) is 12.1 Å². The van der Waals surface area contributed by atoms with Crippen LogP contribution in [0.3, 0.4) is 0 Å². The molecule has 1 aromatic carbocycles. The number of rotatable bonds is 4. The third-order valence-corrected chi connectivity index (χ3v) is 4.30. The molecule has 0 saturated carbocycles. The van der Waals surface area contributed by atoms with Crippen LogP contribution in [0.1, 0.15) is 18.4 Å². The molecule has 1 aliphatic heterocycles. The van der Waals surface area contributed by atoms with E-state index >= 15 is 0 Å². The molecule has 1 saturated heterocycles. The molecule has 5 nitrogen and oxygen atoms in total. The smallest absolute Gasteiger partial charge is 0.283 e. The number of hydrogen-bond acceptors (Lipinski definition) is 4. The lowest BCUT2D eigenvalue weighted by Crippen LogP contribution is -2.35. The van der Waals surface area contributed by atoms with Crippen molar-refractivity contribution in [2.75, 3.05) is 13.1 Å². The summed E-state index contributed by atoms with van der Waals surface area (Å²) in [4.78, 5) is 23.5. The van der Waals surface area contributed by atoms with Crippen LogP contribution in [-0.4, -0.2) is 29.2 Å². The number of nitrogens with zero attached hydrogens (tertiary/aromatic N) is 2. The van der Waals surface area contributed by atoms with Crippen molar-refractivity contribution in [3.63, 3.8) is 0 Å². The SMILES string of the molecule is O=CC1CCCN(Cc2cccc([N+](=O)[O-])c2Br)C1. The Morgan fingerprint density at radius 3 is 3.00 bits per heavy atom. The first kappa shape index (κ1) is 14.1. The summed E-state index contributed by atoms with van der Waals surface area (Å²) in [5.41, 5.74) is 0.974. The Balaban J connectivity index is 2.12. The van der Waals surface area contributed by atoms with Crippen LogP contribution in [0.15, 0.2) is 22.7 Å². The van der Waals surface area contributed by atoms with Gasteiger partial charge in [0.2, 0.25) is 0 Å². The fourth-order valence-corrected chi connectivity index (χ4v) is 2.95. The number of nitro benzene ring substituents is 1. The number of benzene rings is 1. The molecule has 6 heteroatoms. The van der Waals surface area contributed by atoms with Gasteiger partial charge in [0.25, 0.3) is 5.69 Å². The maximum absolute atomic E-state index is 10.9. The maximum Gasteiger partial charge on any atom is 0.283 e. The normalized spacial score (nSPS) is 20.2. The fourth-order valence-electron chi connectivity index (χ4n) is 2.42.